The Hall–Kier alpha value is -2.76. The summed E-state index contributed by atoms with van der Waals surface area (Å²) >= 11 is 0. The number of allylic oxidation sites excluding steroid dienone is 1. The summed E-state index contributed by atoms with van der Waals surface area (Å²) in [6.07, 6.45) is 10.7. The van der Waals surface area contributed by atoms with E-state index in [1.54, 1.807) is 30.5 Å². The van der Waals surface area contributed by atoms with E-state index in [1.165, 1.54) is 16.7 Å². The Morgan fingerprint density at radius 3 is 2.58 bits per heavy atom. The molecule has 1 heterocycles. The van der Waals surface area contributed by atoms with Crippen molar-refractivity contribution in [3.63, 3.8) is 0 Å². The normalized spacial score (nSPS) is 16.3. The van der Waals surface area contributed by atoms with Crippen molar-refractivity contribution in [2.45, 2.75) is 50.0 Å². The van der Waals surface area contributed by atoms with Crippen molar-refractivity contribution < 1.29 is 8.42 Å². The van der Waals surface area contributed by atoms with Crippen molar-refractivity contribution in [2.24, 2.45) is 0 Å². The number of hydrogen-bond donors (Lipinski definition) is 1. The minimum absolute atomic E-state index is 0.124. The van der Waals surface area contributed by atoms with Crippen LogP contribution in [0.5, 0.6) is 0 Å². The molecule has 5 heteroatoms. The van der Waals surface area contributed by atoms with Gasteiger partial charge in [0.05, 0.1) is 4.90 Å². The first-order valence-corrected chi connectivity index (χ1v) is 12.4. The number of unbranched alkanes of at least 4 members (excludes halogenated alkanes) is 2. The molecule has 0 spiro atoms. The molecular formula is C26H28N2O2S. The minimum atomic E-state index is -3.52. The van der Waals surface area contributed by atoms with Gasteiger partial charge in [0, 0.05) is 24.0 Å². The van der Waals surface area contributed by atoms with E-state index in [0.29, 0.717) is 17.7 Å². The molecule has 0 bridgehead atoms. The molecule has 0 aliphatic heterocycles. The highest BCUT2D eigenvalue weighted by molar-refractivity contribution is 7.89. The number of aromatic nitrogens is 1. The van der Waals surface area contributed by atoms with Gasteiger partial charge in [0.25, 0.3) is 0 Å². The topological polar surface area (TPSA) is 59.1 Å². The van der Waals surface area contributed by atoms with Crippen molar-refractivity contribution >= 4 is 15.6 Å². The lowest BCUT2D eigenvalue weighted by Gasteiger charge is -2.12. The predicted molar refractivity (Wildman–Crippen MR) is 125 cm³/mol. The zero-order valence-electron chi connectivity index (χ0n) is 17.8. The molecule has 3 aromatic rings. The molecule has 1 aromatic heterocycles. The lowest BCUT2D eigenvalue weighted by Crippen LogP contribution is -2.35. The lowest BCUT2D eigenvalue weighted by molar-refractivity contribution is 0.555. The fraction of sp³-hybridized carbons (Fsp3) is 0.269. The maximum absolute atomic E-state index is 12.7. The van der Waals surface area contributed by atoms with Crippen LogP contribution in [-0.2, 0) is 22.9 Å². The molecule has 0 fully saturated rings. The van der Waals surface area contributed by atoms with Gasteiger partial charge in [0.15, 0.2) is 0 Å². The second-order valence-electron chi connectivity index (χ2n) is 8.02. The van der Waals surface area contributed by atoms with Gasteiger partial charge in [-0.1, -0.05) is 68.3 Å². The summed E-state index contributed by atoms with van der Waals surface area (Å²) in [5.74, 6) is 0. The van der Waals surface area contributed by atoms with Crippen molar-refractivity contribution in [3.8, 4) is 0 Å². The molecule has 0 saturated heterocycles. The molecule has 1 unspecified atom stereocenters. The summed E-state index contributed by atoms with van der Waals surface area (Å²) in [6.45, 7) is 2.20. The van der Waals surface area contributed by atoms with Crippen LogP contribution in [-0.4, -0.2) is 19.4 Å². The van der Waals surface area contributed by atoms with E-state index in [4.69, 9.17) is 0 Å². The fourth-order valence-electron chi connectivity index (χ4n) is 4.13. The quantitative estimate of drug-likeness (QED) is 0.501. The van der Waals surface area contributed by atoms with E-state index in [9.17, 15) is 8.42 Å². The number of benzene rings is 2. The van der Waals surface area contributed by atoms with Gasteiger partial charge in [-0.2, -0.15) is 0 Å². The van der Waals surface area contributed by atoms with Crippen LogP contribution in [0.2, 0.25) is 0 Å². The van der Waals surface area contributed by atoms with Crippen molar-refractivity contribution in [3.05, 3.63) is 101 Å². The van der Waals surface area contributed by atoms with Gasteiger partial charge < -0.3 is 0 Å². The van der Waals surface area contributed by atoms with Crippen molar-refractivity contribution in [2.75, 3.05) is 0 Å². The van der Waals surface area contributed by atoms with E-state index in [2.05, 4.69) is 47.0 Å². The largest absolute Gasteiger partial charge is 0.264 e. The molecule has 31 heavy (non-hydrogen) atoms. The van der Waals surface area contributed by atoms with Gasteiger partial charge in [0.2, 0.25) is 10.0 Å². The Labute approximate surface area is 185 Å². The summed E-state index contributed by atoms with van der Waals surface area (Å²) in [6, 6.07) is 19.0. The number of sulfonamides is 1. The van der Waals surface area contributed by atoms with Gasteiger partial charge in [-0.05, 0) is 59.7 Å². The fourth-order valence-corrected chi connectivity index (χ4v) is 5.39. The predicted octanol–water partition coefficient (Wildman–Crippen LogP) is 5.15. The van der Waals surface area contributed by atoms with Gasteiger partial charge >= 0.3 is 0 Å². The molecule has 2 aromatic carbocycles. The average Bonchev–Trinajstić information content (AvgIpc) is 3.18. The third-order valence-corrected chi connectivity index (χ3v) is 7.24. The van der Waals surface area contributed by atoms with Crippen molar-refractivity contribution in [1.82, 2.24) is 9.71 Å². The molecule has 0 amide bonds. The van der Waals surface area contributed by atoms with E-state index in [1.807, 2.05) is 18.3 Å². The molecule has 1 aliphatic rings. The summed E-state index contributed by atoms with van der Waals surface area (Å²) in [4.78, 5) is 4.61. The molecule has 4 rings (SSSR count). The lowest BCUT2D eigenvalue weighted by atomic mass is 9.95. The number of pyridine rings is 1. The van der Waals surface area contributed by atoms with Gasteiger partial charge in [-0.3, -0.25) is 4.98 Å². The first kappa shape index (κ1) is 21.5. The van der Waals surface area contributed by atoms with E-state index >= 15 is 0 Å². The zero-order valence-corrected chi connectivity index (χ0v) is 18.6. The van der Waals surface area contributed by atoms with Crippen LogP contribution in [0.3, 0.4) is 0 Å². The third kappa shape index (κ3) is 5.12. The standard InChI is InChI=1S/C26H28N2O2S/c1-2-3-5-12-26(22-9-8-15-27-19-22)21-14-13-20-17-24(18-23(20)16-21)28-31(29,30)25-10-6-4-7-11-25/h4,6-16,19,24,28H,2-3,5,17-18H2,1H3/b26-12-. The summed E-state index contributed by atoms with van der Waals surface area (Å²) < 4.78 is 28.3. The van der Waals surface area contributed by atoms with Crippen LogP contribution in [0.25, 0.3) is 5.57 Å². The highest BCUT2D eigenvalue weighted by Crippen LogP contribution is 2.30. The van der Waals surface area contributed by atoms with Gasteiger partial charge in [0.1, 0.15) is 0 Å². The highest BCUT2D eigenvalue weighted by atomic mass is 32.2. The third-order valence-electron chi connectivity index (χ3n) is 5.70. The Balaban J connectivity index is 1.56. The monoisotopic (exact) mass is 432 g/mol. The Morgan fingerprint density at radius 1 is 1.03 bits per heavy atom. The Kier molecular flexibility index (Phi) is 6.64. The molecular weight excluding hydrogens is 404 g/mol. The SMILES string of the molecule is CCCC/C=C(\c1cccnc1)c1ccc2c(c1)CC(NS(=O)(=O)c1ccccc1)C2. The Morgan fingerprint density at radius 2 is 1.84 bits per heavy atom. The van der Waals surface area contributed by atoms with E-state index in [0.717, 1.165) is 30.4 Å². The molecule has 1 aliphatic carbocycles. The number of rotatable bonds is 8. The second-order valence-corrected chi connectivity index (χ2v) is 9.74. The summed E-state index contributed by atoms with van der Waals surface area (Å²) in [5.41, 5.74) is 5.89. The maximum atomic E-state index is 12.7. The maximum Gasteiger partial charge on any atom is 0.240 e. The number of hydrogen-bond acceptors (Lipinski definition) is 3. The zero-order chi connectivity index (χ0) is 21.7. The molecule has 1 atom stereocenters. The molecule has 0 saturated carbocycles. The van der Waals surface area contributed by atoms with Crippen LogP contribution in [0.4, 0.5) is 0 Å². The number of fused-ring (bicyclic) bond motifs is 1. The van der Waals surface area contributed by atoms with Crippen LogP contribution in [0, 0.1) is 0 Å². The minimum Gasteiger partial charge on any atom is -0.264 e. The number of nitrogens with zero attached hydrogens (tertiary/aromatic N) is 1. The molecule has 0 radical (unpaired) electrons. The van der Waals surface area contributed by atoms with Crippen LogP contribution >= 0.6 is 0 Å². The number of nitrogens with one attached hydrogen (secondary N) is 1. The van der Waals surface area contributed by atoms with E-state index < -0.39 is 10.0 Å². The summed E-state index contributed by atoms with van der Waals surface area (Å²) in [5, 5.41) is 0. The first-order valence-electron chi connectivity index (χ1n) is 10.9. The van der Waals surface area contributed by atoms with Crippen LogP contribution < -0.4 is 4.72 Å². The van der Waals surface area contributed by atoms with Crippen LogP contribution in [0.1, 0.15) is 48.4 Å². The van der Waals surface area contributed by atoms with Crippen LogP contribution in [0.15, 0.2) is 84.0 Å². The molecule has 1 N–H and O–H groups in total. The molecule has 160 valence electrons. The Bertz CT molecular complexity index is 1160. The first-order chi connectivity index (χ1) is 15.1. The average molecular weight is 433 g/mol. The van der Waals surface area contributed by atoms with Crippen molar-refractivity contribution in [1.29, 1.82) is 0 Å². The van der Waals surface area contributed by atoms with Gasteiger partial charge in [-0.15, -0.1) is 0 Å². The van der Waals surface area contributed by atoms with Gasteiger partial charge in [-0.25, -0.2) is 13.1 Å². The van der Waals surface area contributed by atoms with E-state index in [-0.39, 0.29) is 6.04 Å². The highest BCUT2D eigenvalue weighted by Gasteiger charge is 2.27. The summed E-state index contributed by atoms with van der Waals surface area (Å²) in [7, 11) is -3.52. The smallest absolute Gasteiger partial charge is 0.240 e. The second kappa shape index (κ2) is 9.58. The molecule has 4 nitrogen and oxygen atoms in total.